The normalized spacial score (nSPS) is 10.8. The number of hydrogen-bond donors (Lipinski definition) is 2. The second kappa shape index (κ2) is 8.21. The third kappa shape index (κ3) is 4.36. The lowest BCUT2D eigenvalue weighted by atomic mass is 9.98. The minimum Gasteiger partial charge on any atom is -0.324 e. The van der Waals surface area contributed by atoms with Gasteiger partial charge in [0, 0.05) is 23.8 Å². The van der Waals surface area contributed by atoms with Gasteiger partial charge in [-0.05, 0) is 49.4 Å². The van der Waals surface area contributed by atoms with Gasteiger partial charge in [-0.3, -0.25) is 4.79 Å². The van der Waals surface area contributed by atoms with Crippen LogP contribution in [0.25, 0.3) is 0 Å². The van der Waals surface area contributed by atoms with Crippen molar-refractivity contribution in [1.29, 1.82) is 0 Å². The number of rotatable bonds is 5. The van der Waals surface area contributed by atoms with Gasteiger partial charge in [0.15, 0.2) is 0 Å². The Morgan fingerprint density at radius 1 is 0.964 bits per heavy atom. The molecule has 2 aromatic carbocycles. The number of carbonyl (C=O) groups is 1. The standard InChI is InChI=1S/C23H26N4O/c1-14(2)19-8-6-7-16(4)21(19)27-23-24-12-18(13-25-23)22(28)26-20-10-9-15(3)11-17(20)5/h6-14H,1-5H3,(H,26,28)(H,24,25,27). The van der Waals surface area contributed by atoms with Gasteiger partial charge in [0.05, 0.1) is 5.56 Å². The van der Waals surface area contributed by atoms with Crippen molar-refractivity contribution in [2.75, 3.05) is 10.6 Å². The predicted molar refractivity (Wildman–Crippen MR) is 114 cm³/mol. The Morgan fingerprint density at radius 2 is 1.68 bits per heavy atom. The van der Waals surface area contributed by atoms with Crippen molar-refractivity contribution in [2.24, 2.45) is 0 Å². The minimum atomic E-state index is -0.225. The molecule has 5 nitrogen and oxygen atoms in total. The number of para-hydroxylation sites is 1. The Kier molecular flexibility index (Phi) is 5.73. The zero-order valence-corrected chi connectivity index (χ0v) is 17.0. The van der Waals surface area contributed by atoms with Crippen LogP contribution in [0.15, 0.2) is 48.8 Å². The van der Waals surface area contributed by atoms with Crippen molar-refractivity contribution in [2.45, 2.75) is 40.5 Å². The van der Waals surface area contributed by atoms with E-state index in [1.165, 1.54) is 5.56 Å². The molecule has 0 bridgehead atoms. The van der Waals surface area contributed by atoms with E-state index in [4.69, 9.17) is 0 Å². The number of nitrogens with one attached hydrogen (secondary N) is 2. The van der Waals surface area contributed by atoms with E-state index in [-0.39, 0.29) is 5.91 Å². The summed E-state index contributed by atoms with van der Waals surface area (Å²) in [4.78, 5) is 21.2. The molecule has 1 amide bonds. The van der Waals surface area contributed by atoms with E-state index in [9.17, 15) is 4.79 Å². The lowest BCUT2D eigenvalue weighted by molar-refractivity contribution is 0.102. The fourth-order valence-corrected chi connectivity index (χ4v) is 3.11. The Hall–Kier alpha value is -3.21. The molecule has 0 fully saturated rings. The summed E-state index contributed by atoms with van der Waals surface area (Å²) in [6.07, 6.45) is 3.09. The molecule has 2 N–H and O–H groups in total. The first kappa shape index (κ1) is 19.5. The highest BCUT2D eigenvalue weighted by molar-refractivity contribution is 6.04. The van der Waals surface area contributed by atoms with Crippen LogP contribution in [0.5, 0.6) is 0 Å². The number of carbonyl (C=O) groups excluding carboxylic acids is 1. The third-order valence-electron chi connectivity index (χ3n) is 4.71. The highest BCUT2D eigenvalue weighted by atomic mass is 16.1. The summed E-state index contributed by atoms with van der Waals surface area (Å²) < 4.78 is 0. The van der Waals surface area contributed by atoms with Crippen molar-refractivity contribution in [1.82, 2.24) is 9.97 Å². The quantitative estimate of drug-likeness (QED) is 0.617. The topological polar surface area (TPSA) is 66.9 Å². The Balaban J connectivity index is 1.76. The zero-order chi connectivity index (χ0) is 20.3. The smallest absolute Gasteiger partial charge is 0.258 e. The number of anilines is 3. The van der Waals surface area contributed by atoms with Gasteiger partial charge in [0.1, 0.15) is 0 Å². The van der Waals surface area contributed by atoms with E-state index in [1.54, 1.807) is 12.4 Å². The van der Waals surface area contributed by atoms with Gasteiger partial charge < -0.3 is 10.6 Å². The summed E-state index contributed by atoms with van der Waals surface area (Å²) in [5, 5.41) is 6.22. The van der Waals surface area contributed by atoms with Crippen LogP contribution in [-0.4, -0.2) is 15.9 Å². The molecule has 0 spiro atoms. The molecule has 3 rings (SSSR count). The molecule has 0 aliphatic carbocycles. The SMILES string of the molecule is Cc1ccc(NC(=O)c2cnc(Nc3c(C)cccc3C(C)C)nc2)c(C)c1. The summed E-state index contributed by atoms with van der Waals surface area (Å²) in [7, 11) is 0. The molecule has 1 heterocycles. The molecule has 0 radical (unpaired) electrons. The maximum atomic E-state index is 12.5. The van der Waals surface area contributed by atoms with Crippen molar-refractivity contribution in [3.05, 3.63) is 76.6 Å². The van der Waals surface area contributed by atoms with Crippen LogP contribution in [0.3, 0.4) is 0 Å². The Labute approximate surface area is 166 Å². The first-order valence-electron chi connectivity index (χ1n) is 9.42. The molecule has 144 valence electrons. The van der Waals surface area contributed by atoms with Crippen LogP contribution in [0.4, 0.5) is 17.3 Å². The lowest BCUT2D eigenvalue weighted by Crippen LogP contribution is -2.14. The number of aromatic nitrogens is 2. The Bertz CT molecular complexity index is 994. The fraction of sp³-hybridized carbons (Fsp3) is 0.261. The van der Waals surface area contributed by atoms with Crippen molar-refractivity contribution in [3.8, 4) is 0 Å². The van der Waals surface area contributed by atoms with Crippen molar-refractivity contribution in [3.63, 3.8) is 0 Å². The summed E-state index contributed by atoms with van der Waals surface area (Å²) in [6, 6.07) is 12.1. The number of nitrogens with zero attached hydrogens (tertiary/aromatic N) is 2. The zero-order valence-electron chi connectivity index (χ0n) is 17.0. The van der Waals surface area contributed by atoms with Gasteiger partial charge >= 0.3 is 0 Å². The number of hydrogen-bond acceptors (Lipinski definition) is 4. The Morgan fingerprint density at radius 3 is 2.32 bits per heavy atom. The summed E-state index contributed by atoms with van der Waals surface area (Å²) >= 11 is 0. The maximum Gasteiger partial charge on any atom is 0.258 e. The van der Waals surface area contributed by atoms with Crippen LogP contribution in [0.2, 0.25) is 0 Å². The molecule has 3 aromatic rings. The van der Waals surface area contributed by atoms with Crippen LogP contribution in [0, 0.1) is 20.8 Å². The van der Waals surface area contributed by atoms with E-state index in [0.717, 1.165) is 28.1 Å². The maximum absolute atomic E-state index is 12.5. The summed E-state index contributed by atoms with van der Waals surface area (Å²) in [5.74, 6) is 0.627. The molecule has 0 saturated carbocycles. The molecule has 0 saturated heterocycles. The molecular weight excluding hydrogens is 348 g/mol. The molecule has 0 aliphatic heterocycles. The highest BCUT2D eigenvalue weighted by Gasteiger charge is 2.12. The van der Waals surface area contributed by atoms with Gasteiger partial charge in [-0.2, -0.15) is 0 Å². The highest BCUT2D eigenvalue weighted by Crippen LogP contribution is 2.29. The monoisotopic (exact) mass is 374 g/mol. The largest absolute Gasteiger partial charge is 0.324 e. The molecule has 1 aromatic heterocycles. The molecule has 0 atom stereocenters. The van der Waals surface area contributed by atoms with Crippen LogP contribution >= 0.6 is 0 Å². The molecule has 5 heteroatoms. The number of aryl methyl sites for hydroxylation is 3. The fourth-order valence-electron chi connectivity index (χ4n) is 3.11. The van der Waals surface area contributed by atoms with Crippen molar-refractivity contribution < 1.29 is 4.79 Å². The van der Waals surface area contributed by atoms with E-state index in [1.807, 2.05) is 32.0 Å². The second-order valence-electron chi connectivity index (χ2n) is 7.39. The third-order valence-corrected chi connectivity index (χ3v) is 4.71. The van der Waals surface area contributed by atoms with Gasteiger partial charge in [-0.25, -0.2) is 9.97 Å². The van der Waals surface area contributed by atoms with Gasteiger partial charge in [0.25, 0.3) is 5.91 Å². The molecule has 0 unspecified atom stereocenters. The molecule has 28 heavy (non-hydrogen) atoms. The van der Waals surface area contributed by atoms with E-state index in [0.29, 0.717) is 17.4 Å². The van der Waals surface area contributed by atoms with Gasteiger partial charge in [-0.15, -0.1) is 0 Å². The summed E-state index contributed by atoms with van der Waals surface area (Å²) in [6.45, 7) is 10.4. The summed E-state index contributed by atoms with van der Waals surface area (Å²) in [5.41, 5.74) is 6.75. The van der Waals surface area contributed by atoms with E-state index < -0.39 is 0 Å². The molecule has 0 aliphatic rings. The average molecular weight is 374 g/mol. The lowest BCUT2D eigenvalue weighted by Gasteiger charge is -2.16. The number of amides is 1. The minimum absolute atomic E-state index is 0.225. The van der Waals surface area contributed by atoms with Crippen LogP contribution < -0.4 is 10.6 Å². The van der Waals surface area contributed by atoms with Gasteiger partial charge in [-0.1, -0.05) is 49.7 Å². The first-order valence-corrected chi connectivity index (χ1v) is 9.42. The predicted octanol–water partition coefficient (Wildman–Crippen LogP) is 5.52. The first-order chi connectivity index (χ1) is 13.3. The number of benzene rings is 2. The molecular formula is C23H26N4O. The van der Waals surface area contributed by atoms with Crippen LogP contribution in [-0.2, 0) is 0 Å². The van der Waals surface area contributed by atoms with Crippen molar-refractivity contribution >= 4 is 23.2 Å². The van der Waals surface area contributed by atoms with E-state index in [2.05, 4.69) is 59.6 Å². The van der Waals surface area contributed by atoms with Crippen LogP contribution in [0.1, 0.15) is 52.4 Å². The average Bonchev–Trinajstić information content (AvgIpc) is 2.66. The van der Waals surface area contributed by atoms with Gasteiger partial charge in [0.2, 0.25) is 5.95 Å². The van der Waals surface area contributed by atoms with E-state index >= 15 is 0 Å². The second-order valence-corrected chi connectivity index (χ2v) is 7.39.